The Labute approximate surface area is 90.7 Å². The van der Waals surface area contributed by atoms with Crippen molar-refractivity contribution < 1.29 is 4.79 Å². The van der Waals surface area contributed by atoms with E-state index in [0.29, 0.717) is 0 Å². The Balaban J connectivity index is 2.60. The van der Waals surface area contributed by atoms with E-state index in [1.165, 1.54) is 42.6 Å². The van der Waals surface area contributed by atoms with Gasteiger partial charge in [0.05, 0.1) is 0 Å². The SMILES string of the molecule is CC1=C(S/C=C(\C)C=O)CCCCC1. The van der Waals surface area contributed by atoms with Crippen LogP contribution < -0.4 is 0 Å². The Morgan fingerprint density at radius 1 is 1.29 bits per heavy atom. The fraction of sp³-hybridized carbons (Fsp3) is 0.583. The summed E-state index contributed by atoms with van der Waals surface area (Å²) in [5.41, 5.74) is 2.34. The Bertz CT molecular complexity index is 263. The molecule has 0 aromatic carbocycles. The summed E-state index contributed by atoms with van der Waals surface area (Å²) in [6, 6.07) is 0. The molecule has 0 heterocycles. The molecule has 1 rings (SSSR count). The van der Waals surface area contributed by atoms with Crippen LogP contribution >= 0.6 is 11.8 Å². The fourth-order valence-electron chi connectivity index (χ4n) is 1.56. The molecule has 0 saturated heterocycles. The Morgan fingerprint density at radius 3 is 2.71 bits per heavy atom. The number of hydrogen-bond donors (Lipinski definition) is 0. The van der Waals surface area contributed by atoms with Gasteiger partial charge in [0.2, 0.25) is 0 Å². The van der Waals surface area contributed by atoms with Crippen LogP contribution in [-0.2, 0) is 4.79 Å². The zero-order valence-electron chi connectivity index (χ0n) is 9.01. The highest BCUT2D eigenvalue weighted by molar-refractivity contribution is 8.05. The van der Waals surface area contributed by atoms with Gasteiger partial charge in [-0.2, -0.15) is 0 Å². The molecule has 0 aliphatic heterocycles. The number of rotatable bonds is 3. The second-order valence-corrected chi connectivity index (χ2v) is 4.83. The maximum Gasteiger partial charge on any atom is 0.146 e. The average molecular weight is 210 g/mol. The molecule has 2 heteroatoms. The summed E-state index contributed by atoms with van der Waals surface area (Å²) in [5.74, 6) is 0. The molecular formula is C12H18OS. The first-order valence-corrected chi connectivity index (χ1v) is 6.09. The third-order valence-corrected chi connectivity index (χ3v) is 3.83. The minimum atomic E-state index is 0.819. The normalized spacial score (nSPS) is 19.4. The van der Waals surface area contributed by atoms with E-state index in [1.54, 1.807) is 11.8 Å². The van der Waals surface area contributed by atoms with Crippen molar-refractivity contribution in [1.29, 1.82) is 0 Å². The Morgan fingerprint density at radius 2 is 2.00 bits per heavy atom. The van der Waals surface area contributed by atoms with Gasteiger partial charge in [0, 0.05) is 0 Å². The van der Waals surface area contributed by atoms with Gasteiger partial charge in [0.1, 0.15) is 6.29 Å². The quantitative estimate of drug-likeness (QED) is 0.516. The molecule has 0 aromatic heterocycles. The van der Waals surface area contributed by atoms with Crippen LogP contribution in [0, 0.1) is 0 Å². The van der Waals surface area contributed by atoms with Crippen molar-refractivity contribution in [3.05, 3.63) is 21.5 Å². The van der Waals surface area contributed by atoms with E-state index in [-0.39, 0.29) is 0 Å². The van der Waals surface area contributed by atoms with Crippen molar-refractivity contribution in [2.75, 3.05) is 0 Å². The van der Waals surface area contributed by atoms with Crippen LogP contribution in [0.5, 0.6) is 0 Å². The van der Waals surface area contributed by atoms with E-state index in [9.17, 15) is 4.79 Å². The highest BCUT2D eigenvalue weighted by Gasteiger charge is 2.07. The molecule has 0 amide bonds. The molecular weight excluding hydrogens is 192 g/mol. The number of carbonyl (C=O) groups excluding carboxylic acids is 1. The van der Waals surface area contributed by atoms with Crippen LogP contribution in [0.15, 0.2) is 21.5 Å². The van der Waals surface area contributed by atoms with E-state index in [1.807, 2.05) is 12.3 Å². The van der Waals surface area contributed by atoms with E-state index >= 15 is 0 Å². The lowest BCUT2D eigenvalue weighted by molar-refractivity contribution is -0.104. The molecule has 0 N–H and O–H groups in total. The molecule has 0 saturated carbocycles. The number of allylic oxidation sites excluding steroid dienone is 3. The van der Waals surface area contributed by atoms with Gasteiger partial charge in [-0.1, -0.05) is 12.0 Å². The molecule has 0 unspecified atom stereocenters. The molecule has 14 heavy (non-hydrogen) atoms. The largest absolute Gasteiger partial charge is 0.298 e. The van der Waals surface area contributed by atoms with E-state index < -0.39 is 0 Å². The van der Waals surface area contributed by atoms with E-state index in [0.717, 1.165) is 11.9 Å². The van der Waals surface area contributed by atoms with Gasteiger partial charge in [-0.15, -0.1) is 11.8 Å². The maximum atomic E-state index is 10.4. The van der Waals surface area contributed by atoms with Crippen molar-refractivity contribution in [2.24, 2.45) is 0 Å². The van der Waals surface area contributed by atoms with Crippen LogP contribution in [-0.4, -0.2) is 6.29 Å². The molecule has 0 bridgehead atoms. The molecule has 0 fully saturated rings. The van der Waals surface area contributed by atoms with E-state index in [2.05, 4.69) is 6.92 Å². The first-order chi connectivity index (χ1) is 6.74. The van der Waals surface area contributed by atoms with Gasteiger partial charge in [-0.25, -0.2) is 0 Å². The topological polar surface area (TPSA) is 17.1 Å². The smallest absolute Gasteiger partial charge is 0.146 e. The molecule has 0 spiro atoms. The van der Waals surface area contributed by atoms with Crippen molar-refractivity contribution in [1.82, 2.24) is 0 Å². The summed E-state index contributed by atoms with van der Waals surface area (Å²) in [7, 11) is 0. The minimum absolute atomic E-state index is 0.819. The first-order valence-electron chi connectivity index (χ1n) is 5.21. The molecule has 0 aromatic rings. The molecule has 1 nitrogen and oxygen atoms in total. The second-order valence-electron chi connectivity index (χ2n) is 3.86. The van der Waals surface area contributed by atoms with Crippen molar-refractivity contribution in [2.45, 2.75) is 46.0 Å². The highest BCUT2D eigenvalue weighted by Crippen LogP contribution is 2.32. The third-order valence-electron chi connectivity index (χ3n) is 2.50. The summed E-state index contributed by atoms with van der Waals surface area (Å²) < 4.78 is 0. The molecule has 78 valence electrons. The zero-order valence-corrected chi connectivity index (χ0v) is 9.82. The Hall–Kier alpha value is -0.500. The molecule has 1 aliphatic rings. The van der Waals surface area contributed by atoms with Crippen LogP contribution in [0.25, 0.3) is 0 Å². The fourth-order valence-corrected chi connectivity index (χ4v) is 2.51. The zero-order chi connectivity index (χ0) is 10.4. The maximum absolute atomic E-state index is 10.4. The predicted octanol–water partition coefficient (Wildman–Crippen LogP) is 4.06. The first kappa shape index (κ1) is 11.6. The van der Waals surface area contributed by atoms with Gasteiger partial charge in [0.25, 0.3) is 0 Å². The number of carbonyl (C=O) groups is 1. The van der Waals surface area contributed by atoms with Gasteiger partial charge >= 0.3 is 0 Å². The summed E-state index contributed by atoms with van der Waals surface area (Å²) in [6.07, 6.45) is 7.31. The van der Waals surface area contributed by atoms with Crippen LogP contribution in [0.3, 0.4) is 0 Å². The number of thioether (sulfide) groups is 1. The lowest BCUT2D eigenvalue weighted by Gasteiger charge is -2.05. The van der Waals surface area contributed by atoms with Crippen LogP contribution in [0.1, 0.15) is 46.0 Å². The molecule has 0 atom stereocenters. The monoisotopic (exact) mass is 210 g/mol. The number of hydrogen-bond acceptors (Lipinski definition) is 2. The van der Waals surface area contributed by atoms with Crippen LogP contribution in [0.2, 0.25) is 0 Å². The van der Waals surface area contributed by atoms with Crippen molar-refractivity contribution in [3.63, 3.8) is 0 Å². The van der Waals surface area contributed by atoms with Gasteiger partial charge in [0.15, 0.2) is 0 Å². The second kappa shape index (κ2) is 6.07. The third kappa shape index (κ3) is 3.70. The minimum Gasteiger partial charge on any atom is -0.298 e. The lowest BCUT2D eigenvalue weighted by Crippen LogP contribution is -1.81. The van der Waals surface area contributed by atoms with Crippen molar-refractivity contribution >= 4 is 18.0 Å². The Kier molecular flexibility index (Phi) is 5.02. The predicted molar refractivity (Wildman–Crippen MR) is 63.2 cm³/mol. The van der Waals surface area contributed by atoms with Crippen molar-refractivity contribution in [3.8, 4) is 0 Å². The van der Waals surface area contributed by atoms with Gasteiger partial charge < -0.3 is 0 Å². The van der Waals surface area contributed by atoms with Gasteiger partial charge in [-0.05, 0) is 55.4 Å². The average Bonchev–Trinajstić information content (AvgIpc) is 2.39. The van der Waals surface area contributed by atoms with Crippen LogP contribution in [0.4, 0.5) is 0 Å². The number of aldehydes is 1. The standard InChI is InChI=1S/C12H18OS/c1-10(8-13)9-14-12-7-5-3-4-6-11(12)2/h8-9H,3-7H2,1-2H3/b10-9+. The molecule has 0 radical (unpaired) electrons. The summed E-state index contributed by atoms with van der Waals surface area (Å²) in [6.45, 7) is 4.07. The summed E-state index contributed by atoms with van der Waals surface area (Å²) in [5, 5.41) is 1.97. The lowest BCUT2D eigenvalue weighted by atomic mass is 10.2. The summed E-state index contributed by atoms with van der Waals surface area (Å²) >= 11 is 1.74. The van der Waals surface area contributed by atoms with Gasteiger partial charge in [-0.3, -0.25) is 4.79 Å². The molecule has 1 aliphatic carbocycles. The summed E-state index contributed by atoms with van der Waals surface area (Å²) in [4.78, 5) is 11.9. The van der Waals surface area contributed by atoms with E-state index in [4.69, 9.17) is 0 Å². The highest BCUT2D eigenvalue weighted by atomic mass is 32.2.